The molecule has 0 bridgehead atoms. The number of benzene rings is 1. The van der Waals surface area contributed by atoms with Crippen LogP contribution in [0.4, 0.5) is 0 Å². The number of methoxy groups -OCH3 is 1. The van der Waals surface area contributed by atoms with Gasteiger partial charge in [-0.25, -0.2) is 0 Å². The van der Waals surface area contributed by atoms with Crippen molar-refractivity contribution in [3.05, 3.63) is 29.8 Å². The highest BCUT2D eigenvalue weighted by molar-refractivity contribution is 5.79. The largest absolute Gasteiger partial charge is 0.497 e. The van der Waals surface area contributed by atoms with Crippen LogP contribution in [0.2, 0.25) is 0 Å². The normalized spacial score (nSPS) is 11.7. The maximum absolute atomic E-state index is 11.8. The third kappa shape index (κ3) is 4.10. The topological polar surface area (TPSA) is 62.1 Å². The first-order valence-corrected chi connectivity index (χ1v) is 5.88. The van der Waals surface area contributed by atoms with Crippen LogP contribution in [0.1, 0.15) is 19.4 Å². The lowest BCUT2D eigenvalue weighted by Gasteiger charge is -2.14. The van der Waals surface area contributed by atoms with Crippen molar-refractivity contribution >= 4 is 5.91 Å². The van der Waals surface area contributed by atoms with Gasteiger partial charge in [0, 0.05) is 0 Å². The molecule has 1 N–H and O–H groups in total. The number of nitriles is 1. The number of hydrogen-bond donors (Lipinski definition) is 1. The zero-order valence-electron chi connectivity index (χ0n) is 10.9. The smallest absolute Gasteiger partial charge is 0.225 e. The Bertz CT molecular complexity index is 449. The fourth-order valence-corrected chi connectivity index (χ4v) is 1.54. The molecule has 4 nitrogen and oxygen atoms in total. The second kappa shape index (κ2) is 6.65. The summed E-state index contributed by atoms with van der Waals surface area (Å²) >= 11 is 0. The van der Waals surface area contributed by atoms with E-state index in [0.29, 0.717) is 0 Å². The third-order valence-corrected chi connectivity index (χ3v) is 2.62. The fourth-order valence-electron chi connectivity index (χ4n) is 1.54. The molecule has 1 unspecified atom stereocenters. The van der Waals surface area contributed by atoms with Gasteiger partial charge in [0.2, 0.25) is 5.91 Å². The summed E-state index contributed by atoms with van der Waals surface area (Å²) in [7, 11) is 1.59. The van der Waals surface area contributed by atoms with Crippen LogP contribution in [0.5, 0.6) is 5.75 Å². The average molecular weight is 246 g/mol. The van der Waals surface area contributed by atoms with E-state index in [1.807, 2.05) is 38.1 Å². The second-order valence-corrected chi connectivity index (χ2v) is 4.45. The van der Waals surface area contributed by atoms with Gasteiger partial charge in [0.1, 0.15) is 11.8 Å². The van der Waals surface area contributed by atoms with E-state index in [4.69, 9.17) is 10.00 Å². The van der Waals surface area contributed by atoms with Gasteiger partial charge in [-0.15, -0.1) is 0 Å². The third-order valence-electron chi connectivity index (χ3n) is 2.62. The molecular formula is C14H18N2O2. The summed E-state index contributed by atoms with van der Waals surface area (Å²) in [6.07, 6.45) is 0.252. The Kier molecular flexibility index (Phi) is 5.19. The highest BCUT2D eigenvalue weighted by atomic mass is 16.5. The molecule has 0 radical (unpaired) electrons. The van der Waals surface area contributed by atoms with Crippen molar-refractivity contribution < 1.29 is 9.53 Å². The first-order chi connectivity index (χ1) is 8.56. The van der Waals surface area contributed by atoms with Crippen LogP contribution in [0.15, 0.2) is 24.3 Å². The van der Waals surface area contributed by atoms with Crippen LogP contribution in [-0.2, 0) is 11.2 Å². The molecule has 0 saturated heterocycles. The Labute approximate surface area is 108 Å². The molecule has 0 fully saturated rings. The number of amides is 1. The van der Waals surface area contributed by atoms with E-state index in [1.54, 1.807) is 7.11 Å². The number of carbonyl (C=O) groups excluding carboxylic acids is 1. The zero-order valence-corrected chi connectivity index (χ0v) is 10.9. The van der Waals surface area contributed by atoms with Crippen molar-refractivity contribution in [1.82, 2.24) is 5.32 Å². The maximum Gasteiger partial charge on any atom is 0.225 e. The zero-order chi connectivity index (χ0) is 13.5. The van der Waals surface area contributed by atoms with E-state index in [-0.39, 0.29) is 18.2 Å². The van der Waals surface area contributed by atoms with Gasteiger partial charge in [0.25, 0.3) is 0 Å². The molecule has 18 heavy (non-hydrogen) atoms. The summed E-state index contributed by atoms with van der Waals surface area (Å²) in [4.78, 5) is 11.8. The van der Waals surface area contributed by atoms with Gasteiger partial charge < -0.3 is 10.1 Å². The van der Waals surface area contributed by atoms with Gasteiger partial charge in [-0.05, 0) is 23.6 Å². The van der Waals surface area contributed by atoms with Crippen molar-refractivity contribution in [2.75, 3.05) is 7.11 Å². The summed E-state index contributed by atoms with van der Waals surface area (Å²) in [5, 5.41) is 11.6. The second-order valence-electron chi connectivity index (χ2n) is 4.45. The van der Waals surface area contributed by atoms with Crippen molar-refractivity contribution in [2.24, 2.45) is 5.92 Å². The molecule has 96 valence electrons. The number of nitrogens with one attached hydrogen (secondary N) is 1. The Morgan fingerprint density at radius 2 is 2.22 bits per heavy atom. The van der Waals surface area contributed by atoms with Gasteiger partial charge >= 0.3 is 0 Å². The quantitative estimate of drug-likeness (QED) is 0.863. The maximum atomic E-state index is 11.8. The summed E-state index contributed by atoms with van der Waals surface area (Å²) in [5.41, 5.74) is 0.868. The van der Waals surface area contributed by atoms with E-state index in [2.05, 4.69) is 11.4 Å². The summed E-state index contributed by atoms with van der Waals surface area (Å²) < 4.78 is 5.09. The van der Waals surface area contributed by atoms with Gasteiger partial charge in [-0.2, -0.15) is 5.26 Å². The summed E-state index contributed by atoms with van der Waals surface area (Å²) in [6, 6.07) is 8.98. The first-order valence-electron chi connectivity index (χ1n) is 5.88. The van der Waals surface area contributed by atoms with Gasteiger partial charge in [-0.3, -0.25) is 4.79 Å². The standard InChI is InChI=1S/C14H18N2O2/c1-10(2)13(9-15)16-14(17)8-11-5-4-6-12(7-11)18-3/h4-7,10,13H,8H2,1-3H3,(H,16,17). The number of nitrogens with zero attached hydrogens (tertiary/aromatic N) is 1. The number of rotatable bonds is 5. The van der Waals surface area contributed by atoms with Crippen LogP contribution in [-0.4, -0.2) is 19.1 Å². The highest BCUT2D eigenvalue weighted by Crippen LogP contribution is 2.13. The number of hydrogen-bond acceptors (Lipinski definition) is 3. The molecule has 1 rings (SSSR count). The minimum absolute atomic E-state index is 0.101. The van der Waals surface area contributed by atoms with Crippen LogP contribution >= 0.6 is 0 Å². The molecule has 0 heterocycles. The Morgan fingerprint density at radius 1 is 1.50 bits per heavy atom. The van der Waals surface area contributed by atoms with Crippen molar-refractivity contribution in [3.63, 3.8) is 0 Å². The SMILES string of the molecule is COc1cccc(CC(=O)NC(C#N)C(C)C)c1. The van der Waals surface area contributed by atoms with Gasteiger partial charge in [0.05, 0.1) is 19.6 Å². The van der Waals surface area contributed by atoms with E-state index in [1.165, 1.54) is 0 Å². The van der Waals surface area contributed by atoms with Gasteiger partial charge in [0.15, 0.2) is 0 Å². The average Bonchev–Trinajstić information content (AvgIpc) is 2.35. The molecule has 0 aliphatic carbocycles. The molecule has 1 aromatic rings. The Morgan fingerprint density at radius 3 is 2.78 bits per heavy atom. The highest BCUT2D eigenvalue weighted by Gasteiger charge is 2.15. The molecular weight excluding hydrogens is 228 g/mol. The fraction of sp³-hybridized carbons (Fsp3) is 0.429. The molecule has 0 aliphatic heterocycles. The molecule has 0 saturated carbocycles. The van der Waals surface area contributed by atoms with Crippen molar-refractivity contribution in [2.45, 2.75) is 26.3 Å². The van der Waals surface area contributed by atoms with Crippen molar-refractivity contribution in [3.8, 4) is 11.8 Å². The minimum Gasteiger partial charge on any atom is -0.497 e. The Balaban J connectivity index is 2.62. The first kappa shape index (κ1) is 14.0. The lowest BCUT2D eigenvalue weighted by molar-refractivity contribution is -0.121. The predicted molar refractivity (Wildman–Crippen MR) is 69.1 cm³/mol. The monoisotopic (exact) mass is 246 g/mol. The van der Waals surface area contributed by atoms with Crippen LogP contribution in [0.25, 0.3) is 0 Å². The van der Waals surface area contributed by atoms with E-state index < -0.39 is 6.04 Å². The summed E-state index contributed by atoms with van der Waals surface area (Å²) in [6.45, 7) is 3.80. The van der Waals surface area contributed by atoms with Crippen LogP contribution < -0.4 is 10.1 Å². The van der Waals surface area contributed by atoms with E-state index in [0.717, 1.165) is 11.3 Å². The number of carbonyl (C=O) groups is 1. The van der Waals surface area contributed by atoms with Crippen LogP contribution in [0, 0.1) is 17.2 Å². The predicted octanol–water partition coefficient (Wildman–Crippen LogP) is 1.90. The molecule has 0 spiro atoms. The number of ether oxygens (including phenoxy) is 1. The molecule has 1 aromatic carbocycles. The Hall–Kier alpha value is -2.02. The minimum atomic E-state index is -0.442. The lowest BCUT2D eigenvalue weighted by atomic mass is 10.1. The molecule has 0 aromatic heterocycles. The van der Waals surface area contributed by atoms with Crippen LogP contribution in [0.3, 0.4) is 0 Å². The van der Waals surface area contributed by atoms with Crippen molar-refractivity contribution in [1.29, 1.82) is 5.26 Å². The van der Waals surface area contributed by atoms with E-state index in [9.17, 15) is 4.79 Å². The molecule has 4 heteroatoms. The molecule has 0 aliphatic rings. The molecule has 1 amide bonds. The lowest BCUT2D eigenvalue weighted by Crippen LogP contribution is -2.38. The van der Waals surface area contributed by atoms with Gasteiger partial charge in [-0.1, -0.05) is 26.0 Å². The molecule has 1 atom stereocenters. The van der Waals surface area contributed by atoms with E-state index >= 15 is 0 Å². The summed E-state index contributed by atoms with van der Waals surface area (Å²) in [5.74, 6) is 0.675.